The molecule has 0 amide bonds. The zero-order valence-corrected chi connectivity index (χ0v) is 11.7. The number of ether oxygens (including phenoxy) is 2. The van der Waals surface area contributed by atoms with Gasteiger partial charge in [-0.1, -0.05) is 32.0 Å². The van der Waals surface area contributed by atoms with Crippen molar-refractivity contribution < 1.29 is 14.3 Å². The third-order valence-electron chi connectivity index (χ3n) is 3.58. The Morgan fingerprint density at radius 1 is 1.17 bits per heavy atom. The molecule has 1 rings (SSSR count). The number of methoxy groups -OCH3 is 2. The highest BCUT2D eigenvalue weighted by molar-refractivity contribution is 5.89. The van der Waals surface area contributed by atoms with Crippen LogP contribution in [0.15, 0.2) is 24.3 Å². The van der Waals surface area contributed by atoms with Crippen molar-refractivity contribution in [2.45, 2.75) is 38.7 Å². The maximum Gasteiger partial charge on any atom is 0.169 e. The van der Waals surface area contributed by atoms with Crippen LogP contribution in [-0.4, -0.2) is 25.6 Å². The SMILES string of the molecule is CCC(CC)(OC)C(=O)Cc1ccccc1OC. The van der Waals surface area contributed by atoms with Gasteiger partial charge in [0.05, 0.1) is 7.11 Å². The largest absolute Gasteiger partial charge is 0.496 e. The first kappa shape index (κ1) is 14.7. The zero-order chi connectivity index (χ0) is 13.6. The molecule has 0 N–H and O–H groups in total. The van der Waals surface area contributed by atoms with Gasteiger partial charge in [0.25, 0.3) is 0 Å². The van der Waals surface area contributed by atoms with E-state index >= 15 is 0 Å². The van der Waals surface area contributed by atoms with E-state index in [4.69, 9.17) is 9.47 Å². The van der Waals surface area contributed by atoms with Crippen LogP contribution in [0, 0.1) is 0 Å². The normalized spacial score (nSPS) is 11.3. The van der Waals surface area contributed by atoms with E-state index in [0.717, 1.165) is 11.3 Å². The molecule has 0 fully saturated rings. The van der Waals surface area contributed by atoms with Crippen molar-refractivity contribution in [3.8, 4) is 5.75 Å². The Labute approximate surface area is 109 Å². The Balaban J connectivity index is 2.93. The van der Waals surface area contributed by atoms with Gasteiger partial charge in [0.15, 0.2) is 5.78 Å². The van der Waals surface area contributed by atoms with E-state index in [1.54, 1.807) is 14.2 Å². The summed E-state index contributed by atoms with van der Waals surface area (Å²) in [6.07, 6.45) is 1.72. The second-order valence-corrected chi connectivity index (χ2v) is 4.32. The van der Waals surface area contributed by atoms with Crippen LogP contribution in [-0.2, 0) is 16.0 Å². The molecular formula is C15H22O3. The molecule has 0 unspecified atom stereocenters. The molecule has 1 aromatic rings. The first-order chi connectivity index (χ1) is 8.63. The van der Waals surface area contributed by atoms with Crippen molar-refractivity contribution in [3.63, 3.8) is 0 Å². The maximum absolute atomic E-state index is 12.4. The number of para-hydroxylation sites is 1. The highest BCUT2D eigenvalue weighted by Gasteiger charge is 2.34. The topological polar surface area (TPSA) is 35.5 Å². The fourth-order valence-electron chi connectivity index (χ4n) is 2.23. The van der Waals surface area contributed by atoms with Crippen molar-refractivity contribution in [2.24, 2.45) is 0 Å². The van der Waals surface area contributed by atoms with E-state index in [1.165, 1.54) is 0 Å². The average molecular weight is 250 g/mol. The minimum absolute atomic E-state index is 0.111. The van der Waals surface area contributed by atoms with Crippen LogP contribution in [0.2, 0.25) is 0 Å². The molecule has 0 spiro atoms. The average Bonchev–Trinajstić information content (AvgIpc) is 2.42. The molecule has 0 aliphatic carbocycles. The molecule has 0 aromatic heterocycles. The number of benzene rings is 1. The standard InChI is InChI=1S/C15H22O3/c1-5-15(6-2,18-4)14(16)11-12-9-7-8-10-13(12)17-3/h7-10H,5-6,11H2,1-4H3. The van der Waals surface area contributed by atoms with Gasteiger partial charge in [-0.05, 0) is 18.9 Å². The predicted molar refractivity (Wildman–Crippen MR) is 72.0 cm³/mol. The lowest BCUT2D eigenvalue weighted by Crippen LogP contribution is -2.40. The molecule has 0 bridgehead atoms. The predicted octanol–water partition coefficient (Wildman–Crippen LogP) is 3.01. The Kier molecular flexibility index (Phi) is 5.35. The van der Waals surface area contributed by atoms with E-state index in [1.807, 2.05) is 38.1 Å². The van der Waals surface area contributed by atoms with Crippen LogP contribution in [0.5, 0.6) is 5.75 Å². The van der Waals surface area contributed by atoms with Crippen LogP contribution in [0.25, 0.3) is 0 Å². The van der Waals surface area contributed by atoms with Crippen molar-refractivity contribution in [1.82, 2.24) is 0 Å². The highest BCUT2D eigenvalue weighted by Crippen LogP contribution is 2.25. The summed E-state index contributed by atoms with van der Waals surface area (Å²) in [5, 5.41) is 0. The summed E-state index contributed by atoms with van der Waals surface area (Å²) in [5.74, 6) is 0.863. The number of ketones is 1. The number of Topliss-reactive ketones (excluding diaryl/α,β-unsaturated/α-hetero) is 1. The molecule has 100 valence electrons. The molecule has 0 aliphatic rings. The number of hydrogen-bond donors (Lipinski definition) is 0. The van der Waals surface area contributed by atoms with Gasteiger partial charge in [-0.25, -0.2) is 0 Å². The summed E-state index contributed by atoms with van der Waals surface area (Å²) in [5.41, 5.74) is 0.245. The first-order valence-electron chi connectivity index (χ1n) is 6.33. The van der Waals surface area contributed by atoms with Gasteiger partial charge in [-0.15, -0.1) is 0 Å². The van der Waals surface area contributed by atoms with Gasteiger partial charge in [0.1, 0.15) is 11.4 Å². The first-order valence-corrected chi connectivity index (χ1v) is 6.33. The fourth-order valence-corrected chi connectivity index (χ4v) is 2.23. The van der Waals surface area contributed by atoms with E-state index < -0.39 is 5.60 Å². The molecule has 3 heteroatoms. The van der Waals surface area contributed by atoms with E-state index in [0.29, 0.717) is 19.3 Å². The molecule has 1 aromatic carbocycles. The van der Waals surface area contributed by atoms with Crippen molar-refractivity contribution >= 4 is 5.78 Å². The van der Waals surface area contributed by atoms with Gasteiger partial charge in [0.2, 0.25) is 0 Å². The summed E-state index contributed by atoms with van der Waals surface area (Å²) in [6.45, 7) is 3.96. The smallest absolute Gasteiger partial charge is 0.169 e. The molecule has 0 saturated heterocycles. The van der Waals surface area contributed by atoms with E-state index in [9.17, 15) is 4.79 Å². The van der Waals surface area contributed by atoms with Crippen LogP contribution >= 0.6 is 0 Å². The summed E-state index contributed by atoms with van der Waals surface area (Å²) in [4.78, 5) is 12.4. The van der Waals surface area contributed by atoms with E-state index in [2.05, 4.69) is 0 Å². The minimum Gasteiger partial charge on any atom is -0.496 e. The van der Waals surface area contributed by atoms with Crippen molar-refractivity contribution in [2.75, 3.05) is 14.2 Å². The Bertz CT molecular complexity index is 386. The van der Waals surface area contributed by atoms with Gasteiger partial charge < -0.3 is 9.47 Å². The summed E-state index contributed by atoms with van der Waals surface area (Å²) < 4.78 is 10.7. The number of hydrogen-bond acceptors (Lipinski definition) is 3. The van der Waals surface area contributed by atoms with Gasteiger partial charge in [-0.3, -0.25) is 4.79 Å². The number of carbonyl (C=O) groups excluding carboxylic acids is 1. The number of rotatable bonds is 7. The van der Waals surface area contributed by atoms with Crippen LogP contribution in [0.4, 0.5) is 0 Å². The second-order valence-electron chi connectivity index (χ2n) is 4.32. The van der Waals surface area contributed by atoms with Gasteiger partial charge >= 0.3 is 0 Å². The zero-order valence-electron chi connectivity index (χ0n) is 11.7. The molecular weight excluding hydrogens is 228 g/mol. The third kappa shape index (κ3) is 2.91. The Morgan fingerprint density at radius 2 is 1.78 bits per heavy atom. The molecule has 0 atom stereocenters. The monoisotopic (exact) mass is 250 g/mol. The molecule has 3 nitrogen and oxygen atoms in total. The Hall–Kier alpha value is -1.35. The van der Waals surface area contributed by atoms with Crippen LogP contribution < -0.4 is 4.74 Å². The van der Waals surface area contributed by atoms with Crippen LogP contribution in [0.3, 0.4) is 0 Å². The molecule has 0 radical (unpaired) electrons. The lowest BCUT2D eigenvalue weighted by molar-refractivity contribution is -0.141. The third-order valence-corrected chi connectivity index (χ3v) is 3.58. The quantitative estimate of drug-likeness (QED) is 0.746. The fraction of sp³-hybridized carbons (Fsp3) is 0.533. The van der Waals surface area contributed by atoms with Crippen LogP contribution in [0.1, 0.15) is 32.3 Å². The summed E-state index contributed by atoms with van der Waals surface area (Å²) in [7, 11) is 3.22. The minimum atomic E-state index is -0.666. The van der Waals surface area contributed by atoms with Crippen molar-refractivity contribution in [3.05, 3.63) is 29.8 Å². The molecule has 0 aliphatic heterocycles. The molecule has 0 saturated carbocycles. The van der Waals surface area contributed by atoms with E-state index in [-0.39, 0.29) is 5.78 Å². The highest BCUT2D eigenvalue weighted by atomic mass is 16.5. The summed E-state index contributed by atoms with van der Waals surface area (Å²) >= 11 is 0. The Morgan fingerprint density at radius 3 is 2.28 bits per heavy atom. The van der Waals surface area contributed by atoms with Gasteiger partial charge in [0, 0.05) is 19.1 Å². The van der Waals surface area contributed by atoms with Crippen molar-refractivity contribution in [1.29, 1.82) is 0 Å². The van der Waals surface area contributed by atoms with Gasteiger partial charge in [-0.2, -0.15) is 0 Å². The number of carbonyl (C=O) groups is 1. The maximum atomic E-state index is 12.4. The second kappa shape index (κ2) is 6.55. The molecule has 0 heterocycles. The lowest BCUT2D eigenvalue weighted by Gasteiger charge is -2.28. The summed E-state index contributed by atoms with van der Waals surface area (Å²) in [6, 6.07) is 7.60. The lowest BCUT2D eigenvalue weighted by atomic mass is 9.88. The molecule has 18 heavy (non-hydrogen) atoms.